The standard InChI is InChI=1S/C29H36N4O3/c1-6-32(7-2)16-17-33-25-11-9-8-10-24(25)30-29(33)31-28(34)26-15-13-22(36-26)19-35-27-18-21(5)12-14-23(27)20(3)4/h8-15,18,20H,6-7,16-17,19H2,1-5H3,(H,30,31,34). The first-order chi connectivity index (χ1) is 17.4. The first kappa shape index (κ1) is 25.5. The van der Waals surface area contributed by atoms with Crippen molar-refractivity contribution in [2.24, 2.45) is 0 Å². The van der Waals surface area contributed by atoms with E-state index in [4.69, 9.17) is 9.15 Å². The number of fused-ring (bicyclic) bond motifs is 1. The summed E-state index contributed by atoms with van der Waals surface area (Å²) in [6.45, 7) is 14.4. The van der Waals surface area contributed by atoms with Crippen molar-refractivity contribution in [1.29, 1.82) is 0 Å². The number of carbonyl (C=O) groups excluding carboxylic acids is 1. The molecule has 0 aliphatic carbocycles. The summed E-state index contributed by atoms with van der Waals surface area (Å²) < 4.78 is 14.0. The van der Waals surface area contributed by atoms with Gasteiger partial charge in [0.2, 0.25) is 5.95 Å². The van der Waals surface area contributed by atoms with Gasteiger partial charge in [-0.15, -0.1) is 0 Å². The van der Waals surface area contributed by atoms with Gasteiger partial charge in [-0.25, -0.2) is 4.98 Å². The maximum atomic E-state index is 13.1. The number of aryl methyl sites for hydroxylation is 1. The minimum atomic E-state index is -0.334. The molecule has 0 spiro atoms. The number of carbonyl (C=O) groups is 1. The Labute approximate surface area is 213 Å². The Balaban J connectivity index is 1.47. The van der Waals surface area contributed by atoms with Gasteiger partial charge in [0.15, 0.2) is 5.76 Å². The minimum Gasteiger partial charge on any atom is -0.485 e. The number of anilines is 1. The second-order valence-electron chi connectivity index (χ2n) is 9.31. The lowest BCUT2D eigenvalue weighted by atomic mass is 10.0. The van der Waals surface area contributed by atoms with Crippen LogP contribution in [0.15, 0.2) is 59.0 Å². The number of hydrogen-bond acceptors (Lipinski definition) is 5. The molecule has 0 aliphatic heterocycles. The summed E-state index contributed by atoms with van der Waals surface area (Å²) in [5.41, 5.74) is 4.12. The van der Waals surface area contributed by atoms with Crippen molar-refractivity contribution < 1.29 is 13.9 Å². The Morgan fingerprint density at radius 3 is 2.64 bits per heavy atom. The molecule has 0 radical (unpaired) electrons. The van der Waals surface area contributed by atoms with E-state index in [1.54, 1.807) is 12.1 Å². The van der Waals surface area contributed by atoms with Gasteiger partial charge in [-0.05, 0) is 67.4 Å². The number of ether oxygens (including phenoxy) is 1. The minimum absolute atomic E-state index is 0.226. The van der Waals surface area contributed by atoms with Gasteiger partial charge in [-0.2, -0.15) is 0 Å². The first-order valence-electron chi connectivity index (χ1n) is 12.7. The second-order valence-corrected chi connectivity index (χ2v) is 9.31. The maximum absolute atomic E-state index is 13.1. The molecule has 0 unspecified atom stereocenters. The smallest absolute Gasteiger partial charge is 0.293 e. The van der Waals surface area contributed by atoms with Crippen LogP contribution in [0.5, 0.6) is 5.75 Å². The van der Waals surface area contributed by atoms with Crippen molar-refractivity contribution >= 4 is 22.9 Å². The molecule has 190 valence electrons. The highest BCUT2D eigenvalue weighted by Gasteiger charge is 2.18. The Kier molecular flexibility index (Phi) is 8.10. The van der Waals surface area contributed by atoms with Crippen LogP contribution in [-0.2, 0) is 13.2 Å². The van der Waals surface area contributed by atoms with Gasteiger partial charge in [0.25, 0.3) is 5.91 Å². The quantitative estimate of drug-likeness (QED) is 0.271. The molecular formula is C29H36N4O3. The van der Waals surface area contributed by atoms with E-state index in [1.807, 2.05) is 37.3 Å². The Morgan fingerprint density at radius 1 is 1.11 bits per heavy atom. The van der Waals surface area contributed by atoms with Crippen LogP contribution in [0, 0.1) is 6.92 Å². The fourth-order valence-electron chi connectivity index (χ4n) is 4.31. The molecular weight excluding hydrogens is 452 g/mol. The topological polar surface area (TPSA) is 72.5 Å². The third kappa shape index (κ3) is 5.79. The van der Waals surface area contributed by atoms with E-state index in [9.17, 15) is 4.79 Å². The lowest BCUT2D eigenvalue weighted by Crippen LogP contribution is -2.27. The number of imidazole rings is 1. The number of hydrogen-bond donors (Lipinski definition) is 1. The van der Waals surface area contributed by atoms with Crippen molar-refractivity contribution in [1.82, 2.24) is 14.5 Å². The van der Waals surface area contributed by atoms with Gasteiger partial charge >= 0.3 is 0 Å². The predicted octanol–water partition coefficient (Wildman–Crippen LogP) is 6.23. The zero-order valence-corrected chi connectivity index (χ0v) is 21.9. The number of para-hydroxylation sites is 2. The molecule has 7 heteroatoms. The van der Waals surface area contributed by atoms with Crippen molar-refractivity contribution in [3.8, 4) is 5.75 Å². The number of amides is 1. The fraction of sp³-hybridized carbons (Fsp3) is 0.379. The Bertz CT molecular complexity index is 1320. The summed E-state index contributed by atoms with van der Waals surface area (Å²) in [6.07, 6.45) is 0. The summed E-state index contributed by atoms with van der Waals surface area (Å²) in [4.78, 5) is 20.1. The van der Waals surface area contributed by atoms with E-state index in [2.05, 4.69) is 59.6 Å². The average Bonchev–Trinajstić information content (AvgIpc) is 3.48. The molecule has 7 nitrogen and oxygen atoms in total. The van der Waals surface area contributed by atoms with E-state index < -0.39 is 0 Å². The van der Waals surface area contributed by atoms with Crippen LogP contribution in [0.1, 0.15) is 61.1 Å². The van der Waals surface area contributed by atoms with Crippen LogP contribution in [0.4, 0.5) is 5.95 Å². The summed E-state index contributed by atoms with van der Waals surface area (Å²) in [5.74, 6) is 2.19. The zero-order chi connectivity index (χ0) is 25.7. The average molecular weight is 489 g/mol. The van der Waals surface area contributed by atoms with Crippen molar-refractivity contribution in [2.45, 2.75) is 53.7 Å². The van der Waals surface area contributed by atoms with E-state index in [1.165, 1.54) is 0 Å². The van der Waals surface area contributed by atoms with E-state index >= 15 is 0 Å². The van der Waals surface area contributed by atoms with Gasteiger partial charge in [0.05, 0.1) is 11.0 Å². The van der Waals surface area contributed by atoms with Crippen molar-refractivity contribution in [2.75, 3.05) is 25.0 Å². The second kappa shape index (κ2) is 11.4. The van der Waals surface area contributed by atoms with Gasteiger partial charge < -0.3 is 18.6 Å². The number of furan rings is 1. The highest BCUT2D eigenvalue weighted by molar-refractivity contribution is 6.02. The van der Waals surface area contributed by atoms with E-state index in [-0.39, 0.29) is 18.3 Å². The van der Waals surface area contributed by atoms with Gasteiger partial charge in [-0.1, -0.05) is 52.0 Å². The SMILES string of the molecule is CCN(CC)CCn1c(NC(=O)c2ccc(COc3cc(C)ccc3C(C)C)o2)nc2ccccc21. The van der Waals surface area contributed by atoms with Gasteiger partial charge in [-0.3, -0.25) is 10.1 Å². The lowest BCUT2D eigenvalue weighted by Gasteiger charge is -2.19. The van der Waals surface area contributed by atoms with Gasteiger partial charge in [0, 0.05) is 13.1 Å². The normalized spacial score (nSPS) is 11.5. The number of nitrogens with one attached hydrogen (secondary N) is 1. The first-order valence-corrected chi connectivity index (χ1v) is 12.7. The third-order valence-corrected chi connectivity index (χ3v) is 6.46. The van der Waals surface area contributed by atoms with Crippen molar-refractivity contribution in [3.05, 3.63) is 77.2 Å². The number of benzene rings is 2. The number of nitrogens with zero attached hydrogens (tertiary/aromatic N) is 3. The molecule has 2 aromatic heterocycles. The van der Waals surface area contributed by atoms with Crippen LogP contribution >= 0.6 is 0 Å². The molecule has 0 fully saturated rings. The van der Waals surface area contributed by atoms with Crippen LogP contribution in [0.25, 0.3) is 11.0 Å². The van der Waals surface area contributed by atoms with Crippen LogP contribution in [0.3, 0.4) is 0 Å². The molecule has 4 aromatic rings. The number of likely N-dealkylation sites (N-methyl/N-ethyl adjacent to an activating group) is 1. The summed E-state index contributed by atoms with van der Waals surface area (Å²) in [6, 6.07) is 17.6. The van der Waals surface area contributed by atoms with E-state index in [0.29, 0.717) is 17.6 Å². The largest absolute Gasteiger partial charge is 0.485 e. The molecule has 36 heavy (non-hydrogen) atoms. The molecule has 0 atom stereocenters. The molecule has 1 amide bonds. The highest BCUT2D eigenvalue weighted by Crippen LogP contribution is 2.28. The highest BCUT2D eigenvalue weighted by atomic mass is 16.5. The van der Waals surface area contributed by atoms with Crippen molar-refractivity contribution in [3.63, 3.8) is 0 Å². The van der Waals surface area contributed by atoms with Crippen LogP contribution in [-0.4, -0.2) is 40.0 Å². The summed E-state index contributed by atoms with van der Waals surface area (Å²) in [7, 11) is 0. The Hall–Kier alpha value is -3.58. The predicted molar refractivity (Wildman–Crippen MR) is 144 cm³/mol. The molecule has 0 bridgehead atoms. The molecule has 0 saturated heterocycles. The zero-order valence-electron chi connectivity index (χ0n) is 21.9. The van der Waals surface area contributed by atoms with Gasteiger partial charge in [0.1, 0.15) is 18.1 Å². The maximum Gasteiger partial charge on any atom is 0.293 e. The third-order valence-electron chi connectivity index (χ3n) is 6.46. The molecule has 0 aliphatic rings. The van der Waals surface area contributed by atoms with E-state index in [0.717, 1.165) is 54.1 Å². The van der Waals surface area contributed by atoms with Crippen LogP contribution < -0.4 is 10.1 Å². The molecule has 2 heterocycles. The molecule has 4 rings (SSSR count). The number of aromatic nitrogens is 2. The number of rotatable bonds is 11. The fourth-order valence-corrected chi connectivity index (χ4v) is 4.31. The monoisotopic (exact) mass is 488 g/mol. The molecule has 2 aromatic carbocycles. The Morgan fingerprint density at radius 2 is 1.89 bits per heavy atom. The summed E-state index contributed by atoms with van der Waals surface area (Å²) >= 11 is 0. The van der Waals surface area contributed by atoms with Crippen LogP contribution in [0.2, 0.25) is 0 Å². The lowest BCUT2D eigenvalue weighted by molar-refractivity contribution is 0.0991. The molecule has 1 N–H and O–H groups in total. The summed E-state index contributed by atoms with van der Waals surface area (Å²) in [5, 5.41) is 2.95. The molecule has 0 saturated carbocycles.